The summed E-state index contributed by atoms with van der Waals surface area (Å²) in [7, 11) is 0. The van der Waals surface area contributed by atoms with Gasteiger partial charge in [0.15, 0.2) is 11.9 Å². The number of carbonyl (C=O) groups excluding carboxylic acids is 1. The highest BCUT2D eigenvalue weighted by Gasteiger charge is 2.20. The molecular formula is C14H14O2S. The summed E-state index contributed by atoms with van der Waals surface area (Å²) in [5.74, 6) is -0.241. The van der Waals surface area contributed by atoms with Crippen LogP contribution in [0, 0.1) is 0 Å². The van der Waals surface area contributed by atoms with Crippen molar-refractivity contribution < 1.29 is 9.90 Å². The molecule has 3 heteroatoms. The van der Waals surface area contributed by atoms with Gasteiger partial charge in [-0.25, -0.2) is 0 Å². The third kappa shape index (κ3) is 2.62. The van der Waals surface area contributed by atoms with Crippen molar-refractivity contribution in [3.8, 4) is 0 Å². The van der Waals surface area contributed by atoms with Crippen molar-refractivity contribution in [1.29, 1.82) is 0 Å². The average Bonchev–Trinajstić information content (AvgIpc) is 2.87. The molecule has 1 atom stereocenters. The van der Waals surface area contributed by atoms with E-state index in [9.17, 15) is 9.90 Å². The fourth-order valence-electron chi connectivity index (χ4n) is 1.62. The first-order valence-corrected chi connectivity index (χ1v) is 6.40. The highest BCUT2D eigenvalue weighted by atomic mass is 32.1. The van der Waals surface area contributed by atoms with Gasteiger partial charge in [0.1, 0.15) is 0 Å². The lowest BCUT2D eigenvalue weighted by Crippen LogP contribution is -2.10. The second-order valence-electron chi connectivity index (χ2n) is 3.79. The van der Waals surface area contributed by atoms with Gasteiger partial charge in [-0.1, -0.05) is 37.3 Å². The zero-order valence-corrected chi connectivity index (χ0v) is 10.4. The number of thiophene rings is 1. The van der Waals surface area contributed by atoms with Crippen LogP contribution in [0.1, 0.15) is 33.1 Å². The summed E-state index contributed by atoms with van der Waals surface area (Å²) in [6, 6.07) is 12.7. The molecule has 0 aliphatic carbocycles. The lowest BCUT2D eigenvalue weighted by Gasteiger charge is -2.07. The third-order valence-electron chi connectivity index (χ3n) is 2.61. The van der Waals surface area contributed by atoms with Gasteiger partial charge in [-0.2, -0.15) is 0 Å². The van der Waals surface area contributed by atoms with Gasteiger partial charge in [0, 0.05) is 15.3 Å². The van der Waals surface area contributed by atoms with E-state index in [1.165, 1.54) is 16.2 Å². The van der Waals surface area contributed by atoms with Gasteiger partial charge < -0.3 is 5.11 Å². The maximum atomic E-state index is 12.0. The number of hydrogen-bond acceptors (Lipinski definition) is 3. The van der Waals surface area contributed by atoms with Crippen LogP contribution in [0.3, 0.4) is 0 Å². The van der Waals surface area contributed by atoms with E-state index in [4.69, 9.17) is 0 Å². The Morgan fingerprint density at radius 1 is 1.24 bits per heavy atom. The number of aliphatic hydroxyl groups is 1. The summed E-state index contributed by atoms with van der Waals surface area (Å²) >= 11 is 1.49. The average molecular weight is 246 g/mol. The van der Waals surface area contributed by atoms with E-state index < -0.39 is 6.10 Å². The number of rotatable bonds is 4. The number of carbonyl (C=O) groups is 1. The second kappa shape index (κ2) is 5.25. The normalized spacial score (nSPS) is 12.4. The minimum absolute atomic E-state index is 0.241. The minimum atomic E-state index is -1.04. The molecule has 0 radical (unpaired) electrons. The first-order chi connectivity index (χ1) is 8.22. The fraction of sp³-hybridized carbons (Fsp3) is 0.214. The van der Waals surface area contributed by atoms with Gasteiger partial charge >= 0.3 is 0 Å². The Hall–Kier alpha value is -1.45. The van der Waals surface area contributed by atoms with Crippen LogP contribution in [0.5, 0.6) is 0 Å². The van der Waals surface area contributed by atoms with E-state index in [0.29, 0.717) is 5.56 Å². The number of Topliss-reactive ketones (excluding diaryl/α,β-unsaturated/α-hetero) is 1. The topological polar surface area (TPSA) is 37.3 Å². The Morgan fingerprint density at radius 3 is 2.53 bits per heavy atom. The van der Waals surface area contributed by atoms with Gasteiger partial charge in [0.25, 0.3) is 0 Å². The number of aliphatic hydroxyl groups excluding tert-OH is 1. The lowest BCUT2D eigenvalue weighted by molar-refractivity contribution is 0.0753. The minimum Gasteiger partial charge on any atom is -0.379 e. The summed E-state index contributed by atoms with van der Waals surface area (Å²) in [6.07, 6.45) is -0.112. The highest BCUT2D eigenvalue weighted by Crippen LogP contribution is 2.26. The third-order valence-corrected chi connectivity index (χ3v) is 3.89. The molecule has 1 aromatic heterocycles. The number of hydrogen-bond donors (Lipinski definition) is 1. The molecule has 0 fully saturated rings. The van der Waals surface area contributed by atoms with Crippen molar-refractivity contribution in [1.82, 2.24) is 0 Å². The molecule has 0 amide bonds. The van der Waals surface area contributed by atoms with Gasteiger partial charge in [0.05, 0.1) is 0 Å². The van der Waals surface area contributed by atoms with Crippen LogP contribution in [-0.4, -0.2) is 10.9 Å². The number of ketones is 1. The van der Waals surface area contributed by atoms with Crippen LogP contribution in [0.4, 0.5) is 0 Å². The Morgan fingerprint density at radius 2 is 1.94 bits per heavy atom. The monoisotopic (exact) mass is 246 g/mol. The van der Waals surface area contributed by atoms with Crippen LogP contribution >= 0.6 is 11.3 Å². The van der Waals surface area contributed by atoms with Crippen LogP contribution < -0.4 is 0 Å². The van der Waals surface area contributed by atoms with Gasteiger partial charge in [-0.05, 0) is 18.6 Å². The summed E-state index contributed by atoms with van der Waals surface area (Å²) in [4.78, 5) is 13.9. The van der Waals surface area contributed by atoms with Crippen LogP contribution in [0.2, 0.25) is 0 Å². The zero-order chi connectivity index (χ0) is 12.3. The number of benzene rings is 1. The van der Waals surface area contributed by atoms with Crippen molar-refractivity contribution in [2.75, 3.05) is 0 Å². The first kappa shape index (κ1) is 12.0. The predicted molar refractivity (Wildman–Crippen MR) is 69.4 cm³/mol. The molecule has 2 rings (SSSR count). The molecule has 17 heavy (non-hydrogen) atoms. The van der Waals surface area contributed by atoms with Gasteiger partial charge in [-0.15, -0.1) is 11.3 Å². The molecule has 88 valence electrons. The SMILES string of the molecule is CCc1ccc(C(O)C(=O)c2ccccc2)s1. The standard InChI is InChI=1S/C14H14O2S/c1-2-11-8-9-12(17-11)14(16)13(15)10-6-4-3-5-7-10/h3-9,14,16H,2H2,1H3. The van der Waals surface area contributed by atoms with Crippen LogP contribution in [-0.2, 0) is 6.42 Å². The van der Waals surface area contributed by atoms with E-state index in [0.717, 1.165) is 11.3 Å². The van der Waals surface area contributed by atoms with Gasteiger partial charge in [-0.3, -0.25) is 4.79 Å². The maximum absolute atomic E-state index is 12.0. The van der Waals surface area contributed by atoms with Crippen molar-refractivity contribution in [2.24, 2.45) is 0 Å². The maximum Gasteiger partial charge on any atom is 0.196 e. The molecule has 0 saturated carbocycles. The molecule has 2 aromatic rings. The van der Waals surface area contributed by atoms with E-state index >= 15 is 0 Å². The lowest BCUT2D eigenvalue weighted by atomic mass is 10.1. The second-order valence-corrected chi connectivity index (χ2v) is 4.99. The van der Waals surface area contributed by atoms with Crippen molar-refractivity contribution in [3.05, 3.63) is 57.8 Å². The van der Waals surface area contributed by atoms with E-state index in [1.54, 1.807) is 24.3 Å². The van der Waals surface area contributed by atoms with Crippen molar-refractivity contribution >= 4 is 17.1 Å². The Bertz CT molecular complexity index is 502. The van der Waals surface area contributed by atoms with Crippen LogP contribution in [0.25, 0.3) is 0 Å². The molecule has 1 heterocycles. The molecule has 0 spiro atoms. The molecule has 1 unspecified atom stereocenters. The molecule has 0 aliphatic rings. The molecular weight excluding hydrogens is 232 g/mol. The largest absolute Gasteiger partial charge is 0.379 e. The molecule has 1 aromatic carbocycles. The van der Waals surface area contributed by atoms with E-state index in [-0.39, 0.29) is 5.78 Å². The summed E-state index contributed by atoms with van der Waals surface area (Å²) in [6.45, 7) is 2.06. The summed E-state index contributed by atoms with van der Waals surface area (Å²) in [5.41, 5.74) is 0.548. The van der Waals surface area contributed by atoms with Crippen molar-refractivity contribution in [2.45, 2.75) is 19.4 Å². The van der Waals surface area contributed by atoms with Gasteiger partial charge in [0.2, 0.25) is 0 Å². The summed E-state index contributed by atoms with van der Waals surface area (Å²) < 4.78 is 0. The summed E-state index contributed by atoms with van der Waals surface area (Å²) in [5, 5.41) is 10.0. The Balaban J connectivity index is 2.20. The predicted octanol–water partition coefficient (Wildman–Crippen LogP) is 3.23. The quantitative estimate of drug-likeness (QED) is 0.841. The molecule has 0 saturated heterocycles. The highest BCUT2D eigenvalue weighted by molar-refractivity contribution is 7.12. The van der Waals surface area contributed by atoms with Crippen molar-refractivity contribution in [3.63, 3.8) is 0 Å². The molecule has 0 aliphatic heterocycles. The van der Waals surface area contributed by atoms with Crippen LogP contribution in [0.15, 0.2) is 42.5 Å². The molecule has 1 N–H and O–H groups in total. The Labute approximate surface area is 105 Å². The smallest absolute Gasteiger partial charge is 0.196 e. The first-order valence-electron chi connectivity index (χ1n) is 5.58. The molecule has 0 bridgehead atoms. The zero-order valence-electron chi connectivity index (χ0n) is 9.59. The number of aryl methyl sites for hydroxylation is 1. The Kier molecular flexibility index (Phi) is 3.71. The fourth-order valence-corrected chi connectivity index (χ4v) is 2.56. The van der Waals surface area contributed by atoms with E-state index in [2.05, 4.69) is 6.92 Å². The van der Waals surface area contributed by atoms with E-state index in [1.807, 2.05) is 18.2 Å². The molecule has 2 nitrogen and oxygen atoms in total.